The van der Waals surface area contributed by atoms with E-state index in [1.165, 1.54) is 11.6 Å². The molecule has 0 saturated heterocycles. The summed E-state index contributed by atoms with van der Waals surface area (Å²) < 4.78 is 2.17. The minimum Gasteiger partial charge on any atom is -0.345 e. The van der Waals surface area contributed by atoms with Crippen molar-refractivity contribution in [2.45, 2.75) is 19.5 Å². The number of hydrogen-bond acceptors (Lipinski definition) is 2. The highest BCUT2D eigenvalue weighted by molar-refractivity contribution is 6.35. The van der Waals surface area contributed by atoms with Gasteiger partial charge in [-0.3, -0.25) is 4.79 Å². The summed E-state index contributed by atoms with van der Waals surface area (Å²) in [5.41, 5.74) is 3.98. The van der Waals surface area contributed by atoms with Gasteiger partial charge in [-0.2, -0.15) is 0 Å². The molecule has 0 spiro atoms. The van der Waals surface area contributed by atoms with Gasteiger partial charge >= 0.3 is 0 Å². The van der Waals surface area contributed by atoms with E-state index in [0.717, 1.165) is 35.4 Å². The minimum absolute atomic E-state index is 0.215. The summed E-state index contributed by atoms with van der Waals surface area (Å²) in [5, 5.41) is 3.98. The van der Waals surface area contributed by atoms with Gasteiger partial charge in [0.2, 0.25) is 5.91 Å². The lowest BCUT2D eigenvalue weighted by atomic mass is 10.1. The number of hydrogen-bond donors (Lipinski definition) is 1. The van der Waals surface area contributed by atoms with Crippen LogP contribution in [0, 0.1) is 0 Å². The number of carbonyl (C=O) groups excluding carboxylic acids is 1. The van der Waals surface area contributed by atoms with Gasteiger partial charge in [-0.1, -0.05) is 71.7 Å². The van der Waals surface area contributed by atoms with Crippen LogP contribution >= 0.6 is 23.2 Å². The molecule has 31 heavy (non-hydrogen) atoms. The molecule has 3 aromatic carbocycles. The fourth-order valence-corrected chi connectivity index (χ4v) is 3.89. The lowest BCUT2D eigenvalue weighted by Crippen LogP contribution is -2.23. The number of aryl methyl sites for hydroxylation is 2. The number of imidazole rings is 1. The lowest BCUT2D eigenvalue weighted by Gasteiger charge is -2.10. The Morgan fingerprint density at radius 2 is 1.77 bits per heavy atom. The van der Waals surface area contributed by atoms with E-state index in [1.54, 1.807) is 24.3 Å². The Labute approximate surface area is 191 Å². The van der Waals surface area contributed by atoms with Crippen LogP contribution in [0.2, 0.25) is 10.0 Å². The summed E-state index contributed by atoms with van der Waals surface area (Å²) in [5.74, 6) is 0.607. The maximum Gasteiger partial charge on any atom is 0.244 e. The summed E-state index contributed by atoms with van der Waals surface area (Å²) in [6.07, 6.45) is 4.02. The molecule has 0 saturated carbocycles. The zero-order valence-corrected chi connectivity index (χ0v) is 18.3. The number of nitrogens with zero attached hydrogens (tertiary/aromatic N) is 2. The first-order valence-electron chi connectivity index (χ1n) is 9.99. The van der Waals surface area contributed by atoms with E-state index in [9.17, 15) is 4.79 Å². The number of benzene rings is 3. The third kappa shape index (κ3) is 5.35. The van der Waals surface area contributed by atoms with Crippen LogP contribution in [0.1, 0.15) is 17.0 Å². The molecule has 0 fully saturated rings. The summed E-state index contributed by atoms with van der Waals surface area (Å²) in [7, 11) is 0. The first kappa shape index (κ1) is 21.2. The summed E-state index contributed by atoms with van der Waals surface area (Å²) in [4.78, 5) is 17.1. The van der Waals surface area contributed by atoms with Gasteiger partial charge < -0.3 is 9.88 Å². The molecule has 156 valence electrons. The van der Waals surface area contributed by atoms with Gasteiger partial charge in [0.1, 0.15) is 5.82 Å². The predicted molar refractivity (Wildman–Crippen MR) is 127 cm³/mol. The molecule has 0 aliphatic heterocycles. The Kier molecular flexibility index (Phi) is 6.70. The van der Waals surface area contributed by atoms with Gasteiger partial charge in [0.05, 0.1) is 17.6 Å². The number of para-hydroxylation sites is 2. The normalized spacial score (nSPS) is 11.3. The number of carbonyl (C=O) groups is 1. The highest BCUT2D eigenvalue weighted by Gasteiger charge is 2.11. The van der Waals surface area contributed by atoms with Gasteiger partial charge in [0.15, 0.2) is 0 Å². The minimum atomic E-state index is -0.215. The molecule has 4 aromatic rings. The van der Waals surface area contributed by atoms with Crippen LogP contribution in [-0.4, -0.2) is 15.5 Å². The number of nitrogens with one attached hydrogen (secondary N) is 1. The van der Waals surface area contributed by atoms with Crippen molar-refractivity contribution in [3.8, 4) is 0 Å². The molecule has 1 amide bonds. The number of rotatable bonds is 7. The first-order valence-corrected chi connectivity index (χ1v) is 10.7. The van der Waals surface area contributed by atoms with Crippen molar-refractivity contribution in [1.29, 1.82) is 0 Å². The summed E-state index contributed by atoms with van der Waals surface area (Å²) in [6.45, 7) is 1.12. The van der Waals surface area contributed by atoms with Crippen LogP contribution in [0.15, 0.2) is 78.9 Å². The fourth-order valence-electron chi connectivity index (χ4n) is 3.42. The Morgan fingerprint density at radius 1 is 1.00 bits per heavy atom. The fraction of sp³-hybridized carbons (Fsp3) is 0.120. The average Bonchev–Trinajstić information content (AvgIpc) is 3.14. The second-order valence-corrected chi connectivity index (χ2v) is 7.96. The van der Waals surface area contributed by atoms with E-state index in [1.807, 2.05) is 36.4 Å². The third-order valence-corrected chi connectivity index (χ3v) is 5.56. The van der Waals surface area contributed by atoms with Crippen LogP contribution in [0.3, 0.4) is 0 Å². The van der Waals surface area contributed by atoms with Crippen molar-refractivity contribution in [2.75, 3.05) is 0 Å². The molecule has 1 N–H and O–H groups in total. The summed E-state index contributed by atoms with van der Waals surface area (Å²) >= 11 is 12.1. The Morgan fingerprint density at radius 3 is 2.58 bits per heavy atom. The summed E-state index contributed by atoms with van der Waals surface area (Å²) in [6, 6.07) is 23.5. The van der Waals surface area contributed by atoms with Gasteiger partial charge in [-0.15, -0.1) is 0 Å². The molecule has 0 aliphatic rings. The first-order chi connectivity index (χ1) is 15.1. The number of halogens is 2. The standard InChI is InChI=1S/C25H21Cl2N3O/c26-20-12-10-19(21(27)16-20)11-13-25(31)28-17-24-29-22-8-4-5-9-23(22)30(24)15-14-18-6-2-1-3-7-18/h1-13,16H,14-15,17H2,(H,28,31)/b13-11+. The molecule has 4 rings (SSSR count). The van der Waals surface area contributed by atoms with Crippen LogP contribution in [0.25, 0.3) is 17.1 Å². The smallest absolute Gasteiger partial charge is 0.244 e. The van der Waals surface area contributed by atoms with Crippen LogP contribution in [0.4, 0.5) is 0 Å². The van der Waals surface area contributed by atoms with E-state index >= 15 is 0 Å². The highest BCUT2D eigenvalue weighted by Crippen LogP contribution is 2.22. The van der Waals surface area contributed by atoms with E-state index < -0.39 is 0 Å². The second-order valence-electron chi connectivity index (χ2n) is 7.12. The predicted octanol–water partition coefficient (Wildman–Crippen LogP) is 5.92. The number of amides is 1. The highest BCUT2D eigenvalue weighted by atomic mass is 35.5. The molecular weight excluding hydrogens is 429 g/mol. The average molecular weight is 450 g/mol. The largest absolute Gasteiger partial charge is 0.345 e. The van der Waals surface area contributed by atoms with E-state index in [4.69, 9.17) is 28.2 Å². The van der Waals surface area contributed by atoms with Crippen molar-refractivity contribution in [1.82, 2.24) is 14.9 Å². The van der Waals surface area contributed by atoms with Crippen molar-refractivity contribution in [2.24, 2.45) is 0 Å². The van der Waals surface area contributed by atoms with Gasteiger partial charge in [-0.25, -0.2) is 4.98 Å². The Bertz CT molecular complexity index is 1230. The van der Waals surface area contributed by atoms with E-state index in [-0.39, 0.29) is 5.91 Å². The van der Waals surface area contributed by atoms with Crippen molar-refractivity contribution >= 4 is 46.2 Å². The van der Waals surface area contributed by atoms with E-state index in [2.05, 4.69) is 28.1 Å². The molecular formula is C25H21Cl2N3O. The zero-order valence-electron chi connectivity index (χ0n) is 16.8. The van der Waals surface area contributed by atoms with Crippen molar-refractivity contribution < 1.29 is 4.79 Å². The number of fused-ring (bicyclic) bond motifs is 1. The molecule has 4 nitrogen and oxygen atoms in total. The monoisotopic (exact) mass is 449 g/mol. The van der Waals surface area contributed by atoms with E-state index in [0.29, 0.717) is 16.6 Å². The van der Waals surface area contributed by atoms with Crippen LogP contribution < -0.4 is 5.32 Å². The topological polar surface area (TPSA) is 46.9 Å². The van der Waals surface area contributed by atoms with Crippen LogP contribution in [-0.2, 0) is 24.3 Å². The maximum absolute atomic E-state index is 12.4. The SMILES string of the molecule is O=C(/C=C/c1ccc(Cl)cc1Cl)NCc1nc2ccccc2n1CCc1ccccc1. The molecule has 1 aromatic heterocycles. The molecule has 0 aliphatic carbocycles. The van der Waals surface area contributed by atoms with Gasteiger partial charge in [-0.05, 0) is 47.9 Å². The maximum atomic E-state index is 12.4. The molecule has 0 radical (unpaired) electrons. The molecule has 0 atom stereocenters. The Hall–Kier alpha value is -3.08. The molecule has 1 heterocycles. The zero-order chi connectivity index (χ0) is 21.6. The van der Waals surface area contributed by atoms with Gasteiger partial charge in [0.25, 0.3) is 0 Å². The number of aromatic nitrogens is 2. The van der Waals surface area contributed by atoms with Crippen LogP contribution in [0.5, 0.6) is 0 Å². The Balaban J connectivity index is 1.47. The second kappa shape index (κ2) is 9.82. The lowest BCUT2D eigenvalue weighted by molar-refractivity contribution is -0.116. The molecule has 0 bridgehead atoms. The van der Waals surface area contributed by atoms with Gasteiger partial charge in [0, 0.05) is 22.7 Å². The molecule has 6 heteroatoms. The van der Waals surface area contributed by atoms with Crippen molar-refractivity contribution in [3.63, 3.8) is 0 Å². The van der Waals surface area contributed by atoms with Crippen molar-refractivity contribution in [3.05, 3.63) is 106 Å². The third-order valence-electron chi connectivity index (χ3n) is 5.00. The quantitative estimate of drug-likeness (QED) is 0.356. The molecule has 0 unspecified atom stereocenters.